The van der Waals surface area contributed by atoms with Crippen molar-refractivity contribution >= 4 is 46.4 Å². The van der Waals surface area contributed by atoms with Gasteiger partial charge in [-0.25, -0.2) is 9.59 Å². The van der Waals surface area contributed by atoms with Crippen molar-refractivity contribution < 1.29 is 41.5 Å². The van der Waals surface area contributed by atoms with Gasteiger partial charge in [-0.05, 0) is 42.4 Å². The van der Waals surface area contributed by atoms with Gasteiger partial charge < -0.3 is 41.9 Å². The first-order valence-electron chi connectivity index (χ1n) is 16.1. The van der Waals surface area contributed by atoms with E-state index in [9.17, 15) is 37.1 Å². The van der Waals surface area contributed by atoms with Crippen LogP contribution in [0.2, 0.25) is 0 Å². The summed E-state index contributed by atoms with van der Waals surface area (Å²) in [6.45, 7) is 6.82. The molecule has 0 radical (unpaired) electrons. The molecule has 0 spiro atoms. The quantitative estimate of drug-likeness (QED) is 0.0587. The highest BCUT2D eigenvalue weighted by Gasteiger charge is 2.35. The van der Waals surface area contributed by atoms with Gasteiger partial charge in [0.25, 0.3) is 0 Å². The van der Waals surface area contributed by atoms with E-state index in [0.29, 0.717) is 6.07 Å². The lowest BCUT2D eigenvalue weighted by atomic mass is 9.99. The van der Waals surface area contributed by atoms with E-state index in [1.54, 1.807) is 52.0 Å². The molecule has 3 atom stereocenters. The van der Waals surface area contributed by atoms with Gasteiger partial charge in [-0.2, -0.15) is 13.2 Å². The van der Waals surface area contributed by atoms with E-state index in [0.717, 1.165) is 17.7 Å². The monoisotopic (exact) mass is 717 g/mol. The third kappa shape index (κ3) is 12.0. The van der Waals surface area contributed by atoms with E-state index in [-0.39, 0.29) is 37.6 Å². The van der Waals surface area contributed by atoms with Gasteiger partial charge in [-0.15, -0.1) is 0 Å². The van der Waals surface area contributed by atoms with Crippen LogP contribution in [-0.4, -0.2) is 54.4 Å². The minimum Gasteiger partial charge on any atom is -0.445 e. The number of guanidine groups is 1. The number of carbonyl (C=O) groups is 4. The molecule has 14 nitrogen and oxygen atoms in total. The van der Waals surface area contributed by atoms with Gasteiger partial charge >= 0.3 is 17.9 Å². The van der Waals surface area contributed by atoms with Crippen LogP contribution in [0.1, 0.15) is 51.7 Å². The molecule has 0 aliphatic carbocycles. The van der Waals surface area contributed by atoms with Crippen LogP contribution in [0, 0.1) is 11.8 Å². The number of aliphatic imine (C=N–C) groups is 1. The van der Waals surface area contributed by atoms with Crippen molar-refractivity contribution in [2.24, 2.45) is 28.3 Å². The number of alkyl halides is 3. The van der Waals surface area contributed by atoms with Crippen molar-refractivity contribution in [2.45, 2.75) is 71.4 Å². The van der Waals surface area contributed by atoms with Crippen molar-refractivity contribution in [3.63, 3.8) is 0 Å². The Morgan fingerprint density at radius 1 is 0.863 bits per heavy atom. The van der Waals surface area contributed by atoms with Crippen LogP contribution in [0.5, 0.6) is 0 Å². The molecule has 17 heteroatoms. The van der Waals surface area contributed by atoms with Crippen LogP contribution in [0.25, 0.3) is 11.0 Å². The predicted molar refractivity (Wildman–Crippen MR) is 183 cm³/mol. The molecule has 276 valence electrons. The molecular formula is C34H42F3N7O7. The molecule has 0 fully saturated rings. The summed E-state index contributed by atoms with van der Waals surface area (Å²) < 4.78 is 50.7. The minimum absolute atomic E-state index is 0.0113. The average Bonchev–Trinajstić information content (AvgIpc) is 3.05. The van der Waals surface area contributed by atoms with E-state index in [1.807, 2.05) is 6.07 Å². The maximum Gasteiger partial charge on any atom is 0.417 e. The first kappa shape index (κ1) is 39.8. The number of nitrogens with two attached hydrogens (primary N) is 2. The van der Waals surface area contributed by atoms with Crippen molar-refractivity contribution in [3.05, 3.63) is 76.1 Å². The topological polar surface area (TPSA) is 220 Å². The summed E-state index contributed by atoms with van der Waals surface area (Å²) >= 11 is 0. The van der Waals surface area contributed by atoms with Crippen molar-refractivity contribution in [1.29, 1.82) is 0 Å². The lowest BCUT2D eigenvalue weighted by Gasteiger charge is -2.28. The number of fused-ring (bicyclic) bond motifs is 1. The van der Waals surface area contributed by atoms with Crippen LogP contribution >= 0.6 is 0 Å². The Labute approximate surface area is 291 Å². The highest BCUT2D eigenvalue weighted by Crippen LogP contribution is 2.34. The van der Waals surface area contributed by atoms with Crippen LogP contribution in [0.15, 0.2) is 68.8 Å². The first-order valence-corrected chi connectivity index (χ1v) is 16.1. The van der Waals surface area contributed by atoms with Crippen molar-refractivity contribution in [3.8, 4) is 0 Å². The number of benzene rings is 2. The van der Waals surface area contributed by atoms with Gasteiger partial charge in [0.2, 0.25) is 17.7 Å². The summed E-state index contributed by atoms with van der Waals surface area (Å²) in [6.07, 6.45) is -5.43. The molecule has 3 aromatic rings. The molecule has 0 aliphatic rings. The molecular weight excluding hydrogens is 675 g/mol. The minimum atomic E-state index is -4.83. The molecule has 0 bridgehead atoms. The number of alkyl carbamates (subject to hydrolysis) is 1. The number of rotatable bonds is 15. The number of carbonyl (C=O) groups excluding carboxylic acids is 4. The van der Waals surface area contributed by atoms with Crippen molar-refractivity contribution in [2.75, 3.05) is 11.9 Å². The smallest absolute Gasteiger partial charge is 0.417 e. The van der Waals surface area contributed by atoms with Gasteiger partial charge in [0.1, 0.15) is 30.3 Å². The molecule has 0 saturated heterocycles. The molecule has 0 aliphatic heterocycles. The Balaban J connectivity index is 1.77. The van der Waals surface area contributed by atoms with Gasteiger partial charge in [0.15, 0.2) is 5.96 Å². The molecule has 1 aromatic heterocycles. The molecule has 3 rings (SSSR count). The SMILES string of the molecule is CC(C)C(NC(=O)OCc1ccccc1)C(=O)NC(C(=O)NC(CCCN=C(N)N)C(=O)Nc1ccc2c(C(F)(F)F)cc(=O)oc2c1)C(C)C. The normalized spacial score (nSPS) is 13.2. The average molecular weight is 718 g/mol. The summed E-state index contributed by atoms with van der Waals surface area (Å²) in [5.41, 5.74) is 8.66. The summed E-state index contributed by atoms with van der Waals surface area (Å²) in [5.74, 6) is -3.23. The summed E-state index contributed by atoms with van der Waals surface area (Å²) in [7, 11) is 0. The van der Waals surface area contributed by atoms with Gasteiger partial charge in [-0.1, -0.05) is 58.0 Å². The van der Waals surface area contributed by atoms with E-state index in [4.69, 9.17) is 20.6 Å². The maximum absolute atomic E-state index is 13.6. The third-order valence-electron chi connectivity index (χ3n) is 7.58. The predicted octanol–water partition coefficient (Wildman–Crippen LogP) is 3.38. The number of nitrogens with zero attached hydrogens (tertiary/aromatic N) is 1. The lowest BCUT2D eigenvalue weighted by molar-refractivity contribution is -0.136. The Bertz CT molecular complexity index is 1780. The van der Waals surface area contributed by atoms with Gasteiger partial charge in [0.05, 0.1) is 5.56 Å². The van der Waals surface area contributed by atoms with E-state index in [1.165, 1.54) is 6.07 Å². The van der Waals surface area contributed by atoms with E-state index < -0.39 is 82.1 Å². The Hall–Kier alpha value is -5.61. The summed E-state index contributed by atoms with van der Waals surface area (Å²) in [5, 5.41) is 9.94. The maximum atomic E-state index is 13.6. The number of ether oxygens (including phenoxy) is 1. The fourth-order valence-corrected chi connectivity index (χ4v) is 4.94. The second-order valence-electron chi connectivity index (χ2n) is 12.3. The Morgan fingerprint density at radius 2 is 1.49 bits per heavy atom. The number of hydrogen-bond acceptors (Lipinski definition) is 8. The standard InChI is InChI=1S/C34H42F3N7O7/c1-18(2)27(43-31(48)28(19(3)4)44-33(49)50-17-20-9-6-5-7-10-20)30(47)42-24(11-8-14-40-32(38)39)29(46)41-21-12-13-22-23(34(35,36)37)16-26(45)51-25(22)15-21/h5-7,9-10,12-13,15-16,18-19,24,27-28H,8,11,14,17H2,1-4H3,(H,41,46)(H,42,47)(H,43,48)(H,44,49)(H4,38,39,40). The lowest BCUT2D eigenvalue weighted by Crippen LogP contribution is -2.58. The summed E-state index contributed by atoms with van der Waals surface area (Å²) in [6, 6.07) is 9.09. The molecule has 4 amide bonds. The zero-order valence-corrected chi connectivity index (χ0v) is 28.5. The van der Waals surface area contributed by atoms with Crippen LogP contribution in [0.4, 0.5) is 23.7 Å². The second-order valence-corrected chi connectivity index (χ2v) is 12.3. The third-order valence-corrected chi connectivity index (χ3v) is 7.58. The second kappa shape index (κ2) is 17.9. The number of halogens is 3. The van der Waals surface area contributed by atoms with Crippen LogP contribution < -0.4 is 38.4 Å². The highest BCUT2D eigenvalue weighted by molar-refractivity contribution is 6.00. The van der Waals surface area contributed by atoms with E-state index in [2.05, 4.69) is 26.3 Å². The van der Waals surface area contributed by atoms with Gasteiger partial charge in [0, 0.05) is 29.8 Å². The number of nitrogens with one attached hydrogen (secondary N) is 4. The molecule has 1 heterocycles. The number of anilines is 1. The Morgan fingerprint density at radius 3 is 2.10 bits per heavy atom. The van der Waals surface area contributed by atoms with Crippen LogP contribution in [0.3, 0.4) is 0 Å². The largest absolute Gasteiger partial charge is 0.445 e. The molecule has 51 heavy (non-hydrogen) atoms. The number of hydrogen-bond donors (Lipinski definition) is 6. The van der Waals surface area contributed by atoms with Crippen LogP contribution in [-0.2, 0) is 31.9 Å². The fourth-order valence-electron chi connectivity index (χ4n) is 4.94. The molecule has 0 saturated carbocycles. The Kier molecular flexibility index (Phi) is 14.0. The van der Waals surface area contributed by atoms with Gasteiger partial charge in [-0.3, -0.25) is 19.4 Å². The highest BCUT2D eigenvalue weighted by atomic mass is 19.4. The first-order chi connectivity index (χ1) is 24.0. The zero-order valence-electron chi connectivity index (χ0n) is 28.5. The zero-order chi connectivity index (χ0) is 37.9. The summed E-state index contributed by atoms with van der Waals surface area (Å²) in [4.78, 5) is 68.7. The molecule has 8 N–H and O–H groups in total. The fraction of sp³-hybridized carbons (Fsp3) is 0.412. The number of amides is 4. The molecule has 3 unspecified atom stereocenters. The van der Waals surface area contributed by atoms with Crippen molar-refractivity contribution in [1.82, 2.24) is 16.0 Å². The van der Waals surface area contributed by atoms with E-state index >= 15 is 0 Å². The molecule has 2 aromatic carbocycles.